The van der Waals surface area contributed by atoms with Crippen molar-refractivity contribution in [3.63, 3.8) is 0 Å². The van der Waals surface area contributed by atoms with Crippen molar-refractivity contribution in [1.82, 2.24) is 0 Å². The molecule has 2 aromatic carbocycles. The maximum absolute atomic E-state index is 11.2. The van der Waals surface area contributed by atoms with Crippen LogP contribution in [0.25, 0.3) is 0 Å². The maximum atomic E-state index is 11.2. The number of ether oxygens (including phenoxy) is 6. The lowest BCUT2D eigenvalue weighted by molar-refractivity contribution is -0.139. The largest absolute Gasteiger partial charge is 0.493 e. The van der Waals surface area contributed by atoms with Crippen LogP contribution >= 0.6 is 0 Å². The lowest BCUT2D eigenvalue weighted by atomic mass is 9.96. The quantitative estimate of drug-likeness (QED) is 0.492. The van der Waals surface area contributed by atoms with Crippen LogP contribution in [0, 0.1) is 0 Å². The van der Waals surface area contributed by atoms with E-state index >= 15 is 0 Å². The topological polar surface area (TPSA) is 130 Å². The normalized spacial score (nSPS) is 10.8. The summed E-state index contributed by atoms with van der Waals surface area (Å²) in [6.45, 7) is 1.82. The fourth-order valence-electron chi connectivity index (χ4n) is 3.27. The van der Waals surface area contributed by atoms with Gasteiger partial charge in [0.1, 0.15) is 0 Å². The number of carboxylic acid groups (broad SMARTS) is 2. The minimum absolute atomic E-state index is 0.0866. The second-order valence-electron chi connectivity index (χ2n) is 6.86. The molecule has 0 amide bonds. The van der Waals surface area contributed by atoms with Gasteiger partial charge in [-0.1, -0.05) is 6.92 Å². The first-order valence-electron chi connectivity index (χ1n) is 10.2. The molecule has 0 saturated heterocycles. The molecule has 0 aliphatic heterocycles. The smallest absolute Gasteiger partial charge is 0.310 e. The monoisotopic (exact) mass is 480 g/mol. The average Bonchev–Trinajstić information content (AvgIpc) is 2.82. The molecule has 2 rings (SSSR count). The van der Waals surface area contributed by atoms with E-state index in [-0.39, 0.29) is 6.42 Å². The molecule has 1 atom stereocenters. The number of hydrogen-bond donors (Lipinski definition) is 2. The molecule has 1 unspecified atom stereocenters. The van der Waals surface area contributed by atoms with Crippen molar-refractivity contribution in [3.05, 3.63) is 35.4 Å². The third-order valence-electron chi connectivity index (χ3n) is 4.88. The van der Waals surface area contributed by atoms with Gasteiger partial charge in [-0.15, -0.1) is 0 Å². The zero-order valence-electron chi connectivity index (χ0n) is 20.5. The van der Waals surface area contributed by atoms with Crippen molar-refractivity contribution in [3.8, 4) is 34.5 Å². The first-order valence-corrected chi connectivity index (χ1v) is 10.2. The number of aliphatic carboxylic acids is 2. The Balaban J connectivity index is 0.000000342. The van der Waals surface area contributed by atoms with Crippen LogP contribution in [-0.4, -0.2) is 64.8 Å². The molecule has 10 nitrogen and oxygen atoms in total. The Morgan fingerprint density at radius 3 is 1.35 bits per heavy atom. The maximum Gasteiger partial charge on any atom is 0.310 e. The number of hydrogen-bond acceptors (Lipinski definition) is 8. The second kappa shape index (κ2) is 13.7. The van der Waals surface area contributed by atoms with Crippen LogP contribution in [0.4, 0.5) is 0 Å². The number of carboxylic acids is 2. The van der Waals surface area contributed by atoms with Crippen LogP contribution in [0.3, 0.4) is 0 Å². The van der Waals surface area contributed by atoms with Crippen LogP contribution in [0.2, 0.25) is 0 Å². The zero-order valence-corrected chi connectivity index (χ0v) is 20.5. The first kappa shape index (κ1) is 28.2. The van der Waals surface area contributed by atoms with Gasteiger partial charge in [-0.05, 0) is 41.8 Å². The Morgan fingerprint density at radius 1 is 0.706 bits per heavy atom. The summed E-state index contributed by atoms with van der Waals surface area (Å²) >= 11 is 0. The van der Waals surface area contributed by atoms with Gasteiger partial charge in [0, 0.05) is 0 Å². The summed E-state index contributed by atoms with van der Waals surface area (Å²) in [7, 11) is 8.99. The molecular formula is C24H32O10. The van der Waals surface area contributed by atoms with E-state index in [1.807, 2.05) is 6.92 Å². The third kappa shape index (κ3) is 7.09. The fraction of sp³-hybridized carbons (Fsp3) is 0.417. The van der Waals surface area contributed by atoms with Crippen LogP contribution in [0.5, 0.6) is 34.5 Å². The highest BCUT2D eigenvalue weighted by atomic mass is 16.5. The van der Waals surface area contributed by atoms with Gasteiger partial charge in [-0.2, -0.15) is 0 Å². The van der Waals surface area contributed by atoms with Crippen LogP contribution < -0.4 is 28.4 Å². The molecule has 188 valence electrons. The summed E-state index contributed by atoms with van der Waals surface area (Å²) in [4.78, 5) is 21.8. The van der Waals surface area contributed by atoms with E-state index in [1.165, 1.54) is 42.7 Å². The molecule has 0 saturated carbocycles. The highest BCUT2D eigenvalue weighted by molar-refractivity contribution is 5.77. The van der Waals surface area contributed by atoms with Gasteiger partial charge in [0.05, 0.1) is 55.0 Å². The summed E-state index contributed by atoms with van der Waals surface area (Å²) in [5.74, 6) is 0.400. The van der Waals surface area contributed by atoms with Crippen molar-refractivity contribution in [2.45, 2.75) is 25.7 Å². The Morgan fingerprint density at radius 2 is 1.09 bits per heavy atom. The van der Waals surface area contributed by atoms with Gasteiger partial charge >= 0.3 is 11.9 Å². The lowest BCUT2D eigenvalue weighted by Gasteiger charge is -2.16. The molecule has 0 aromatic heterocycles. The predicted octanol–water partition coefficient (Wildman–Crippen LogP) is 3.63. The van der Waals surface area contributed by atoms with Crippen LogP contribution in [0.1, 0.15) is 30.4 Å². The highest BCUT2D eigenvalue weighted by Crippen LogP contribution is 2.41. The van der Waals surface area contributed by atoms with Crippen molar-refractivity contribution in [2.24, 2.45) is 0 Å². The summed E-state index contributed by atoms with van der Waals surface area (Å²) in [5, 5.41) is 17.9. The first-order chi connectivity index (χ1) is 16.2. The van der Waals surface area contributed by atoms with Crippen LogP contribution in [-0.2, 0) is 16.0 Å². The van der Waals surface area contributed by atoms with Crippen molar-refractivity contribution >= 4 is 11.9 Å². The molecule has 2 N–H and O–H groups in total. The van der Waals surface area contributed by atoms with E-state index in [2.05, 4.69) is 0 Å². The van der Waals surface area contributed by atoms with Gasteiger partial charge < -0.3 is 38.6 Å². The van der Waals surface area contributed by atoms with Gasteiger partial charge in [-0.25, -0.2) is 0 Å². The van der Waals surface area contributed by atoms with Gasteiger partial charge in [0.2, 0.25) is 11.5 Å². The zero-order chi connectivity index (χ0) is 25.8. The van der Waals surface area contributed by atoms with Crippen molar-refractivity contribution in [2.75, 3.05) is 42.7 Å². The molecule has 10 heteroatoms. The molecule has 0 aliphatic carbocycles. The second-order valence-corrected chi connectivity index (χ2v) is 6.86. The predicted molar refractivity (Wildman–Crippen MR) is 124 cm³/mol. The van der Waals surface area contributed by atoms with Gasteiger partial charge in [-0.3, -0.25) is 9.59 Å². The summed E-state index contributed by atoms with van der Waals surface area (Å²) in [5.41, 5.74) is 1.24. The number of rotatable bonds is 11. The molecule has 0 bridgehead atoms. The number of methoxy groups -OCH3 is 6. The fourth-order valence-corrected chi connectivity index (χ4v) is 3.27. The van der Waals surface area contributed by atoms with E-state index < -0.39 is 17.9 Å². The Kier molecular flexibility index (Phi) is 11.3. The van der Waals surface area contributed by atoms with E-state index in [0.717, 1.165) is 0 Å². The molecule has 0 fully saturated rings. The Bertz CT molecular complexity index is 920. The van der Waals surface area contributed by atoms with Crippen molar-refractivity contribution < 1.29 is 48.2 Å². The van der Waals surface area contributed by atoms with E-state index in [0.29, 0.717) is 52.0 Å². The number of carbonyl (C=O) groups is 2. The molecular weight excluding hydrogens is 448 g/mol. The molecule has 0 aliphatic rings. The third-order valence-corrected chi connectivity index (χ3v) is 4.88. The summed E-state index contributed by atoms with van der Waals surface area (Å²) in [6, 6.07) is 6.58. The van der Waals surface area contributed by atoms with Crippen molar-refractivity contribution in [1.29, 1.82) is 0 Å². The van der Waals surface area contributed by atoms with E-state index in [4.69, 9.17) is 38.6 Å². The Labute approximate surface area is 198 Å². The molecule has 0 radical (unpaired) electrons. The van der Waals surface area contributed by atoms with E-state index in [9.17, 15) is 9.59 Å². The van der Waals surface area contributed by atoms with Gasteiger partial charge in [0.25, 0.3) is 0 Å². The SMILES string of the molecule is CCC(C(=O)O)c1cc(OC)c(OC)c(OC)c1.COc1cc(CC(=O)O)cc(OC)c1OC. The minimum atomic E-state index is -0.908. The molecule has 0 spiro atoms. The number of benzene rings is 2. The highest BCUT2D eigenvalue weighted by Gasteiger charge is 2.22. The van der Waals surface area contributed by atoms with E-state index in [1.54, 1.807) is 24.3 Å². The summed E-state index contributed by atoms with van der Waals surface area (Å²) in [6.07, 6.45) is 0.407. The summed E-state index contributed by atoms with van der Waals surface area (Å²) < 4.78 is 30.9. The Hall–Kier alpha value is -3.82. The van der Waals surface area contributed by atoms with Gasteiger partial charge in [0.15, 0.2) is 23.0 Å². The molecule has 2 aromatic rings. The van der Waals surface area contributed by atoms with Crippen LogP contribution in [0.15, 0.2) is 24.3 Å². The standard InChI is InChI=1S/C13H18O5.C11H14O5/c1-5-9(13(14)15)8-6-10(16-2)12(18-4)11(7-8)17-3;1-14-8-4-7(6-10(12)13)5-9(15-2)11(8)16-3/h6-7,9H,5H2,1-4H3,(H,14,15);4-5H,6H2,1-3H3,(H,12,13). The molecule has 0 heterocycles. The lowest BCUT2D eigenvalue weighted by Crippen LogP contribution is -2.11. The molecule has 34 heavy (non-hydrogen) atoms. The average molecular weight is 481 g/mol. The minimum Gasteiger partial charge on any atom is -0.493 e.